The fourth-order valence-corrected chi connectivity index (χ4v) is 2.86. The van der Waals surface area contributed by atoms with E-state index in [0.717, 1.165) is 17.9 Å². The van der Waals surface area contributed by atoms with Gasteiger partial charge in [-0.2, -0.15) is 0 Å². The molecule has 0 fully saturated rings. The molecule has 0 saturated carbocycles. The van der Waals surface area contributed by atoms with Crippen LogP contribution in [0.1, 0.15) is 19.8 Å². The largest absolute Gasteiger partial charge is 0.490 e. The molecule has 1 aromatic rings. The van der Waals surface area contributed by atoms with Gasteiger partial charge in [-0.1, -0.05) is 0 Å². The Morgan fingerprint density at radius 1 is 1.24 bits per heavy atom. The highest BCUT2D eigenvalue weighted by atomic mass is 127. The Bertz CT molecular complexity index is 680. The van der Waals surface area contributed by atoms with Gasteiger partial charge >= 0.3 is 0 Å². The van der Waals surface area contributed by atoms with E-state index < -0.39 is 9.84 Å². The first-order chi connectivity index (χ1) is 11.5. The van der Waals surface area contributed by atoms with Gasteiger partial charge in [0.2, 0.25) is 0 Å². The van der Waals surface area contributed by atoms with E-state index in [1.54, 1.807) is 0 Å². The molecule has 2 N–H and O–H groups in total. The summed E-state index contributed by atoms with van der Waals surface area (Å²) in [5.41, 5.74) is 0.835. The fraction of sp³-hybridized carbons (Fsp3) is 0.562. The first-order valence-electron chi connectivity index (χ1n) is 8.10. The first-order valence-corrected chi connectivity index (χ1v) is 10.2. The van der Waals surface area contributed by atoms with E-state index in [4.69, 9.17) is 9.47 Å². The Balaban J connectivity index is 0.00000312. The molecule has 0 atom stereocenters. The van der Waals surface area contributed by atoms with Crippen molar-refractivity contribution >= 4 is 45.5 Å². The number of aliphatic imine (C=N–C) groups is 1. The fourth-order valence-electron chi connectivity index (χ4n) is 2.20. The number of fused-ring (bicyclic) bond motifs is 1. The maximum atomic E-state index is 11.2. The molecule has 1 heterocycles. The van der Waals surface area contributed by atoms with Gasteiger partial charge < -0.3 is 20.1 Å². The molecule has 1 aliphatic rings. The molecular weight excluding hydrogens is 457 g/mol. The van der Waals surface area contributed by atoms with E-state index in [9.17, 15) is 8.42 Å². The van der Waals surface area contributed by atoms with Crippen molar-refractivity contribution in [3.05, 3.63) is 18.2 Å². The zero-order valence-electron chi connectivity index (χ0n) is 14.6. The lowest BCUT2D eigenvalue weighted by Crippen LogP contribution is -2.30. The van der Waals surface area contributed by atoms with Crippen molar-refractivity contribution in [3.8, 4) is 11.5 Å². The van der Waals surface area contributed by atoms with Gasteiger partial charge in [-0.25, -0.2) is 8.42 Å². The van der Waals surface area contributed by atoms with E-state index in [-0.39, 0.29) is 29.7 Å². The Kier molecular flexibility index (Phi) is 9.33. The Morgan fingerprint density at radius 2 is 1.96 bits per heavy atom. The van der Waals surface area contributed by atoms with Crippen LogP contribution in [-0.2, 0) is 9.84 Å². The third-order valence-corrected chi connectivity index (χ3v) is 4.33. The number of anilines is 1. The van der Waals surface area contributed by atoms with Crippen molar-refractivity contribution in [2.45, 2.75) is 19.8 Å². The Hall–Kier alpha value is -1.23. The second-order valence-electron chi connectivity index (χ2n) is 5.58. The molecule has 142 valence electrons. The summed E-state index contributed by atoms with van der Waals surface area (Å²) in [4.78, 5) is 4.40. The lowest BCUT2D eigenvalue weighted by atomic mass is 10.3. The lowest BCUT2D eigenvalue weighted by molar-refractivity contribution is 0.297. The third-order valence-electron chi connectivity index (χ3n) is 3.30. The molecule has 1 aromatic carbocycles. The summed E-state index contributed by atoms with van der Waals surface area (Å²) < 4.78 is 33.6. The van der Waals surface area contributed by atoms with Gasteiger partial charge in [-0.3, -0.25) is 4.99 Å². The van der Waals surface area contributed by atoms with Crippen molar-refractivity contribution in [2.75, 3.05) is 43.6 Å². The predicted octanol–water partition coefficient (Wildman–Crippen LogP) is 2.28. The van der Waals surface area contributed by atoms with Crippen molar-refractivity contribution in [3.63, 3.8) is 0 Å². The highest BCUT2D eigenvalue weighted by molar-refractivity contribution is 14.0. The molecule has 0 spiro atoms. The second-order valence-corrected chi connectivity index (χ2v) is 7.84. The highest BCUT2D eigenvalue weighted by Crippen LogP contribution is 2.32. The standard InChI is InChI=1S/C16H25N3O4S.HI/c1-3-17-16(18-8-4-11-24(2,20)21)19-13-6-7-14-15(12-13)23-10-5-9-22-14;/h6-7,12H,3-5,8-11H2,1-2H3,(H2,17,18,19);1H. The van der Waals surface area contributed by atoms with Crippen LogP contribution in [0, 0.1) is 0 Å². The molecule has 0 bridgehead atoms. The van der Waals surface area contributed by atoms with Crippen LogP contribution in [0.2, 0.25) is 0 Å². The van der Waals surface area contributed by atoms with Gasteiger partial charge in [0.25, 0.3) is 0 Å². The molecule has 7 nitrogen and oxygen atoms in total. The zero-order valence-corrected chi connectivity index (χ0v) is 17.7. The van der Waals surface area contributed by atoms with Crippen LogP contribution in [0.25, 0.3) is 0 Å². The molecule has 0 unspecified atom stereocenters. The molecule has 0 amide bonds. The van der Waals surface area contributed by atoms with E-state index in [2.05, 4.69) is 15.6 Å². The van der Waals surface area contributed by atoms with Gasteiger partial charge in [0.15, 0.2) is 17.5 Å². The van der Waals surface area contributed by atoms with Gasteiger partial charge in [-0.05, 0) is 25.5 Å². The normalized spacial score (nSPS) is 14.2. The van der Waals surface area contributed by atoms with Crippen molar-refractivity contribution in [1.82, 2.24) is 5.32 Å². The molecular formula is C16H26IN3O4S. The third kappa shape index (κ3) is 8.13. The topological polar surface area (TPSA) is 89.0 Å². The van der Waals surface area contributed by atoms with Crippen molar-refractivity contribution < 1.29 is 17.9 Å². The van der Waals surface area contributed by atoms with Crippen LogP contribution in [-0.4, -0.2) is 52.7 Å². The monoisotopic (exact) mass is 483 g/mol. The van der Waals surface area contributed by atoms with Gasteiger partial charge in [-0.15, -0.1) is 24.0 Å². The van der Waals surface area contributed by atoms with E-state index in [1.807, 2.05) is 25.1 Å². The van der Waals surface area contributed by atoms with Crippen molar-refractivity contribution in [1.29, 1.82) is 0 Å². The molecule has 0 radical (unpaired) electrons. The summed E-state index contributed by atoms with van der Waals surface area (Å²) in [6.45, 7) is 4.41. The van der Waals surface area contributed by atoms with Crippen LogP contribution >= 0.6 is 24.0 Å². The SMILES string of the molecule is CCNC(=NCCCS(C)(=O)=O)Nc1ccc2c(c1)OCCCO2.I. The van der Waals surface area contributed by atoms with Gasteiger partial charge in [0, 0.05) is 37.5 Å². The van der Waals surface area contributed by atoms with Gasteiger partial charge in [0.05, 0.1) is 19.0 Å². The van der Waals surface area contributed by atoms with Crippen LogP contribution in [0.3, 0.4) is 0 Å². The number of sulfone groups is 1. The molecule has 25 heavy (non-hydrogen) atoms. The van der Waals surface area contributed by atoms with Crippen LogP contribution in [0.15, 0.2) is 23.2 Å². The minimum absolute atomic E-state index is 0. The van der Waals surface area contributed by atoms with Gasteiger partial charge in [0.1, 0.15) is 9.84 Å². The number of ether oxygens (including phenoxy) is 2. The number of guanidine groups is 1. The van der Waals surface area contributed by atoms with E-state index in [1.165, 1.54) is 6.26 Å². The minimum atomic E-state index is -2.95. The van der Waals surface area contributed by atoms with Crippen molar-refractivity contribution in [2.24, 2.45) is 4.99 Å². The molecule has 0 saturated heterocycles. The maximum absolute atomic E-state index is 11.2. The van der Waals surface area contributed by atoms with Crippen LogP contribution < -0.4 is 20.1 Å². The number of hydrogen-bond donors (Lipinski definition) is 2. The summed E-state index contributed by atoms with van der Waals surface area (Å²) >= 11 is 0. The predicted molar refractivity (Wildman–Crippen MR) is 111 cm³/mol. The number of rotatable bonds is 6. The minimum Gasteiger partial charge on any atom is -0.490 e. The lowest BCUT2D eigenvalue weighted by Gasteiger charge is -2.13. The summed E-state index contributed by atoms with van der Waals surface area (Å²) in [5, 5.41) is 6.34. The number of nitrogens with zero attached hydrogens (tertiary/aromatic N) is 1. The second kappa shape index (κ2) is 10.7. The van der Waals surface area contributed by atoms with Crippen LogP contribution in [0.4, 0.5) is 5.69 Å². The Morgan fingerprint density at radius 3 is 2.64 bits per heavy atom. The molecule has 2 rings (SSSR count). The Labute approximate surface area is 166 Å². The number of hydrogen-bond acceptors (Lipinski definition) is 5. The molecule has 1 aliphatic heterocycles. The number of benzene rings is 1. The average Bonchev–Trinajstić information content (AvgIpc) is 2.75. The molecule has 0 aliphatic carbocycles. The summed E-state index contributed by atoms with van der Waals surface area (Å²) in [7, 11) is -2.95. The molecule has 9 heteroatoms. The molecule has 0 aromatic heterocycles. The maximum Gasteiger partial charge on any atom is 0.195 e. The van der Waals surface area contributed by atoms with E-state index >= 15 is 0 Å². The summed E-state index contributed by atoms with van der Waals surface area (Å²) in [5.74, 6) is 2.21. The average molecular weight is 483 g/mol. The smallest absolute Gasteiger partial charge is 0.195 e. The zero-order chi connectivity index (χ0) is 17.4. The van der Waals surface area contributed by atoms with E-state index in [0.29, 0.717) is 44.4 Å². The summed E-state index contributed by atoms with van der Waals surface area (Å²) in [6, 6.07) is 5.65. The van der Waals surface area contributed by atoms with Crippen LogP contribution in [0.5, 0.6) is 11.5 Å². The number of halogens is 1. The quantitative estimate of drug-likeness (QED) is 0.280. The number of nitrogens with one attached hydrogen (secondary N) is 2. The first kappa shape index (κ1) is 21.8. The highest BCUT2D eigenvalue weighted by Gasteiger charge is 2.11. The summed E-state index contributed by atoms with van der Waals surface area (Å²) in [6.07, 6.45) is 2.59.